The van der Waals surface area contributed by atoms with Crippen LogP contribution >= 0.6 is 0 Å². The van der Waals surface area contributed by atoms with Crippen molar-refractivity contribution >= 4 is 23.2 Å². The van der Waals surface area contributed by atoms with E-state index in [2.05, 4.69) is 0 Å². The quantitative estimate of drug-likeness (QED) is 0.417. The lowest BCUT2D eigenvalue weighted by atomic mass is 9.61. The highest BCUT2D eigenvalue weighted by Crippen LogP contribution is 2.50. The number of nitrogens with two attached hydrogens (primary N) is 1. The van der Waals surface area contributed by atoms with Crippen LogP contribution in [0.5, 0.6) is 5.75 Å². The van der Waals surface area contributed by atoms with Gasteiger partial charge in [0.2, 0.25) is 11.7 Å². The third-order valence-electron chi connectivity index (χ3n) is 6.42. The molecule has 0 saturated heterocycles. The number of amides is 1. The Hall–Kier alpha value is -3.43. The second-order valence-corrected chi connectivity index (χ2v) is 8.23. The number of phenols is 1. The van der Waals surface area contributed by atoms with Crippen LogP contribution in [-0.2, 0) is 20.8 Å². The van der Waals surface area contributed by atoms with Gasteiger partial charge >= 0.3 is 0 Å². The Balaban J connectivity index is 1.88. The minimum atomic E-state index is -2.61. The minimum absolute atomic E-state index is 0.0313. The van der Waals surface area contributed by atoms with Crippen LogP contribution in [0.15, 0.2) is 40.5 Å². The highest BCUT2D eigenvalue weighted by Gasteiger charge is 2.57. The van der Waals surface area contributed by atoms with Gasteiger partial charge in [-0.15, -0.1) is 0 Å². The zero-order valence-electron chi connectivity index (χ0n) is 17.1. The summed E-state index contributed by atoms with van der Waals surface area (Å²) in [5, 5.41) is 42.2. The normalized spacial score (nSPS) is 24.8. The lowest BCUT2D eigenvalue weighted by Gasteiger charge is -2.43. The van der Waals surface area contributed by atoms with Crippen molar-refractivity contribution in [3.63, 3.8) is 0 Å². The van der Waals surface area contributed by atoms with Gasteiger partial charge in [-0.25, -0.2) is 0 Å². The summed E-state index contributed by atoms with van der Waals surface area (Å²) in [6, 6.07) is 6.43. The predicted molar refractivity (Wildman–Crippen MR) is 111 cm³/mol. The molecule has 2 aromatic rings. The molecule has 2 aliphatic rings. The number of aliphatic hydroxyl groups excluding tert-OH is 2. The van der Waals surface area contributed by atoms with Gasteiger partial charge in [0.15, 0.2) is 11.4 Å². The number of ketones is 2. The van der Waals surface area contributed by atoms with E-state index in [1.807, 2.05) is 0 Å². The highest BCUT2D eigenvalue weighted by atomic mass is 16.3. The molecule has 9 nitrogen and oxygen atoms in total. The van der Waals surface area contributed by atoms with Crippen molar-refractivity contribution in [2.75, 3.05) is 6.61 Å². The van der Waals surface area contributed by atoms with E-state index in [1.165, 1.54) is 12.3 Å². The first-order valence-electron chi connectivity index (χ1n) is 10.2. The van der Waals surface area contributed by atoms with Crippen LogP contribution in [0, 0.1) is 11.8 Å². The van der Waals surface area contributed by atoms with Gasteiger partial charge in [-0.3, -0.25) is 14.4 Å². The van der Waals surface area contributed by atoms with E-state index >= 15 is 0 Å². The van der Waals surface area contributed by atoms with Crippen molar-refractivity contribution in [1.29, 1.82) is 0 Å². The number of aliphatic hydroxyl groups is 3. The molecule has 1 amide bonds. The Labute approximate surface area is 182 Å². The molecule has 1 fully saturated rings. The first kappa shape index (κ1) is 21.8. The van der Waals surface area contributed by atoms with Gasteiger partial charge in [0, 0.05) is 23.7 Å². The molecule has 6 N–H and O–H groups in total. The molecule has 9 heteroatoms. The maximum Gasteiger partial charge on any atom is 0.225 e. The standard InChI is InChI=1S/C23H23NO8/c24-18(28)10-17(27)23(31)12(5-6-25)8-11-9-14-13(16-2-1-7-32-16)3-4-15(26)20(14)21(29)19(11)22(23)30/h1-4,7,11-12,25-26,29,31H,5-6,8-10H2,(H2,24,28)/t11-,12-,23-/m1/s1. The van der Waals surface area contributed by atoms with Crippen LogP contribution in [0.25, 0.3) is 17.1 Å². The summed E-state index contributed by atoms with van der Waals surface area (Å²) in [5.74, 6) is -4.95. The Bertz CT molecular complexity index is 1130. The summed E-state index contributed by atoms with van der Waals surface area (Å²) in [7, 11) is 0. The van der Waals surface area contributed by atoms with Gasteiger partial charge < -0.3 is 30.6 Å². The molecule has 1 aromatic heterocycles. The fraction of sp³-hybridized carbons (Fsp3) is 0.348. The summed E-state index contributed by atoms with van der Waals surface area (Å²) in [6.07, 6.45) is 0.902. The lowest BCUT2D eigenvalue weighted by molar-refractivity contribution is -0.159. The van der Waals surface area contributed by atoms with E-state index in [1.54, 1.807) is 18.2 Å². The van der Waals surface area contributed by atoms with Gasteiger partial charge in [0.25, 0.3) is 0 Å². The van der Waals surface area contributed by atoms with Crippen molar-refractivity contribution in [3.8, 4) is 17.1 Å². The predicted octanol–water partition coefficient (Wildman–Crippen LogP) is 1.24. The largest absolute Gasteiger partial charge is 0.507 e. The average molecular weight is 441 g/mol. The summed E-state index contributed by atoms with van der Waals surface area (Å²) in [6.45, 7) is -0.392. The molecule has 168 valence electrons. The summed E-state index contributed by atoms with van der Waals surface area (Å²) < 4.78 is 5.47. The number of rotatable bonds is 6. The monoisotopic (exact) mass is 441 g/mol. The van der Waals surface area contributed by atoms with Crippen LogP contribution in [0.3, 0.4) is 0 Å². The number of Topliss-reactive ketones (excluding diaryl/α,β-unsaturated/α-hetero) is 2. The molecule has 0 unspecified atom stereocenters. The Morgan fingerprint density at radius 2 is 1.97 bits per heavy atom. The molecule has 1 saturated carbocycles. The molecule has 3 atom stereocenters. The van der Waals surface area contributed by atoms with Gasteiger partial charge in [-0.05, 0) is 55.0 Å². The summed E-state index contributed by atoms with van der Waals surface area (Å²) in [4.78, 5) is 37.4. The molecule has 0 aliphatic heterocycles. The molecule has 32 heavy (non-hydrogen) atoms. The number of furan rings is 1. The number of aromatic hydroxyl groups is 1. The van der Waals surface area contributed by atoms with Gasteiger partial charge in [-0.2, -0.15) is 0 Å². The first-order valence-corrected chi connectivity index (χ1v) is 10.2. The Morgan fingerprint density at radius 1 is 1.22 bits per heavy atom. The second-order valence-electron chi connectivity index (χ2n) is 8.23. The molecule has 1 heterocycles. The number of phenolic OH excluding ortho intramolecular Hbond substituents is 1. The number of hydrogen-bond acceptors (Lipinski definition) is 8. The smallest absolute Gasteiger partial charge is 0.225 e. The SMILES string of the molecule is NC(=O)CC(=O)[C@@]1(O)C(=O)C2=C(O)c3c(O)ccc(-c4ccco4)c3C[C@H]2C[C@H]1CCO. The van der Waals surface area contributed by atoms with Crippen molar-refractivity contribution in [3.05, 3.63) is 47.2 Å². The number of carbonyl (C=O) groups is 3. The zero-order valence-corrected chi connectivity index (χ0v) is 17.1. The van der Waals surface area contributed by atoms with Crippen molar-refractivity contribution in [2.45, 2.75) is 31.3 Å². The number of hydrogen-bond donors (Lipinski definition) is 5. The molecule has 0 bridgehead atoms. The molecule has 1 aromatic carbocycles. The molecule has 0 radical (unpaired) electrons. The third-order valence-corrected chi connectivity index (χ3v) is 6.42. The van der Waals surface area contributed by atoms with E-state index in [4.69, 9.17) is 10.2 Å². The highest BCUT2D eigenvalue weighted by molar-refractivity contribution is 6.23. The minimum Gasteiger partial charge on any atom is -0.507 e. The van der Waals surface area contributed by atoms with Crippen LogP contribution in [0.2, 0.25) is 0 Å². The van der Waals surface area contributed by atoms with Crippen LogP contribution in [0.4, 0.5) is 0 Å². The van der Waals surface area contributed by atoms with Gasteiger partial charge in [0.05, 0.1) is 18.2 Å². The van der Waals surface area contributed by atoms with Crippen molar-refractivity contribution in [2.24, 2.45) is 17.6 Å². The second kappa shape index (κ2) is 7.92. The third kappa shape index (κ3) is 3.21. The van der Waals surface area contributed by atoms with Crippen LogP contribution < -0.4 is 5.73 Å². The van der Waals surface area contributed by atoms with E-state index in [9.17, 15) is 34.8 Å². The van der Waals surface area contributed by atoms with Crippen molar-refractivity contribution < 1.29 is 39.2 Å². The molecular formula is C23H23NO8. The van der Waals surface area contributed by atoms with E-state index in [0.29, 0.717) is 16.9 Å². The number of carbonyl (C=O) groups excluding carboxylic acids is 3. The van der Waals surface area contributed by atoms with Crippen molar-refractivity contribution in [1.82, 2.24) is 0 Å². The topological polar surface area (TPSA) is 171 Å². The number of benzene rings is 1. The van der Waals surface area contributed by atoms with E-state index in [0.717, 1.165) is 0 Å². The maximum atomic E-state index is 13.4. The van der Waals surface area contributed by atoms with Crippen LogP contribution in [-0.4, -0.2) is 50.1 Å². The Kier molecular flexibility index (Phi) is 5.39. The van der Waals surface area contributed by atoms with E-state index in [-0.39, 0.29) is 36.1 Å². The molecule has 4 rings (SSSR count). The van der Waals surface area contributed by atoms with Crippen LogP contribution in [0.1, 0.15) is 30.4 Å². The maximum absolute atomic E-state index is 13.4. The fourth-order valence-electron chi connectivity index (χ4n) is 4.98. The molecule has 2 aliphatic carbocycles. The summed E-state index contributed by atoms with van der Waals surface area (Å²) >= 11 is 0. The van der Waals surface area contributed by atoms with Gasteiger partial charge in [0.1, 0.15) is 17.3 Å². The number of primary amides is 1. The zero-order chi connectivity index (χ0) is 23.2. The fourth-order valence-corrected chi connectivity index (χ4v) is 4.98. The lowest BCUT2D eigenvalue weighted by Crippen LogP contribution is -2.59. The molecular weight excluding hydrogens is 418 g/mol. The average Bonchev–Trinajstić information content (AvgIpc) is 3.26. The number of fused-ring (bicyclic) bond motifs is 2. The summed E-state index contributed by atoms with van der Waals surface area (Å²) in [5.41, 5.74) is 3.53. The van der Waals surface area contributed by atoms with Gasteiger partial charge in [-0.1, -0.05) is 0 Å². The Morgan fingerprint density at radius 3 is 2.59 bits per heavy atom. The van der Waals surface area contributed by atoms with E-state index < -0.39 is 53.7 Å². The molecule has 0 spiro atoms. The first-order chi connectivity index (χ1) is 15.2.